The molecule has 4 rings (SSSR count). The van der Waals surface area contributed by atoms with Crippen LogP contribution >= 0.6 is 0 Å². The Hall–Kier alpha value is -3.70. The highest BCUT2D eigenvalue weighted by molar-refractivity contribution is 6.04. The predicted octanol–water partition coefficient (Wildman–Crippen LogP) is 5.82. The lowest BCUT2D eigenvalue weighted by atomic mass is 9.69. The summed E-state index contributed by atoms with van der Waals surface area (Å²) in [5, 5.41) is 1.81. The fourth-order valence-electron chi connectivity index (χ4n) is 5.47. The molecule has 222 valence electrons. The third-order valence-electron chi connectivity index (χ3n) is 7.42. The molecular formula is C29H31F6N2O4+. The van der Waals surface area contributed by atoms with Gasteiger partial charge in [0.25, 0.3) is 5.84 Å². The molecule has 0 saturated carbocycles. The molecule has 6 nitrogen and oxygen atoms in total. The van der Waals surface area contributed by atoms with E-state index in [-0.39, 0.29) is 30.6 Å². The number of hydrogen-bond donors (Lipinski definition) is 1. The van der Waals surface area contributed by atoms with Crippen molar-refractivity contribution in [2.45, 2.75) is 51.0 Å². The third kappa shape index (κ3) is 5.36. The number of hydrogen-bond acceptors (Lipinski definition) is 5. The number of halogens is 6. The van der Waals surface area contributed by atoms with Crippen molar-refractivity contribution in [3.05, 3.63) is 64.9 Å². The first kappa shape index (κ1) is 30.3. The summed E-state index contributed by atoms with van der Waals surface area (Å²) in [5.41, 5.74) is -6.30. The van der Waals surface area contributed by atoms with Gasteiger partial charge in [0.05, 0.1) is 33.4 Å². The van der Waals surface area contributed by atoms with Gasteiger partial charge in [0.15, 0.2) is 17.3 Å². The lowest BCUT2D eigenvalue weighted by Gasteiger charge is -2.43. The summed E-state index contributed by atoms with van der Waals surface area (Å²) in [7, 11) is 4.31. The van der Waals surface area contributed by atoms with Crippen molar-refractivity contribution >= 4 is 11.6 Å². The molecule has 2 aromatic rings. The molecule has 0 saturated heterocycles. The summed E-state index contributed by atoms with van der Waals surface area (Å²) >= 11 is 0. The monoisotopic (exact) mass is 585 g/mol. The minimum absolute atomic E-state index is 0.0299. The molecule has 0 bridgehead atoms. The molecular weight excluding hydrogens is 554 g/mol. The van der Waals surface area contributed by atoms with Crippen LogP contribution in [0.5, 0.6) is 17.2 Å². The van der Waals surface area contributed by atoms with Crippen molar-refractivity contribution in [3.63, 3.8) is 0 Å². The summed E-state index contributed by atoms with van der Waals surface area (Å²) < 4.78 is 105. The van der Waals surface area contributed by atoms with Crippen molar-refractivity contribution in [2.24, 2.45) is 5.41 Å². The second-order valence-electron chi connectivity index (χ2n) is 10.8. The lowest BCUT2D eigenvalue weighted by Crippen LogP contribution is -2.73. The van der Waals surface area contributed by atoms with Gasteiger partial charge in [-0.3, -0.25) is 4.79 Å². The number of alkyl halides is 6. The zero-order valence-electron chi connectivity index (χ0n) is 23.2. The minimum Gasteiger partial charge on any atom is -0.497 e. The van der Waals surface area contributed by atoms with Gasteiger partial charge in [-0.1, -0.05) is 19.9 Å². The number of amidine groups is 1. The summed E-state index contributed by atoms with van der Waals surface area (Å²) in [6.45, 7) is 3.27. The molecule has 0 amide bonds. The SMILES string of the molecule is COc1ccc(C2=[N+](CCc3ccc(OC)c(OC)c3)C3=C(C(=O)CC(C)(C)C3)C(C(F)(F)F)(C(F)(F)F)N2)cc1. The Morgan fingerprint density at radius 1 is 0.854 bits per heavy atom. The lowest BCUT2D eigenvalue weighted by molar-refractivity contribution is -0.491. The number of Topliss-reactive ketones (excluding diaryl/α,β-unsaturated/α-hetero) is 1. The van der Waals surface area contributed by atoms with Gasteiger partial charge < -0.3 is 14.2 Å². The molecule has 1 aliphatic carbocycles. The van der Waals surface area contributed by atoms with Gasteiger partial charge in [0.1, 0.15) is 17.0 Å². The highest BCUT2D eigenvalue weighted by Crippen LogP contribution is 2.54. The van der Waals surface area contributed by atoms with Crippen LogP contribution in [0.25, 0.3) is 0 Å². The molecule has 1 heterocycles. The van der Waals surface area contributed by atoms with E-state index in [1.165, 1.54) is 50.2 Å². The number of methoxy groups -OCH3 is 3. The molecule has 0 unspecified atom stereocenters. The second-order valence-corrected chi connectivity index (χ2v) is 10.8. The van der Waals surface area contributed by atoms with Gasteiger partial charge in [-0.25, -0.2) is 9.89 Å². The first-order valence-electron chi connectivity index (χ1n) is 12.8. The molecule has 1 N–H and O–H groups in total. The van der Waals surface area contributed by atoms with Crippen LogP contribution in [0.4, 0.5) is 26.3 Å². The minimum atomic E-state index is -5.88. The van der Waals surface area contributed by atoms with E-state index in [4.69, 9.17) is 14.2 Å². The van der Waals surface area contributed by atoms with Crippen LogP contribution < -0.4 is 19.5 Å². The smallest absolute Gasteiger partial charge is 0.446 e. The average molecular weight is 586 g/mol. The number of benzene rings is 2. The molecule has 0 fully saturated rings. The van der Waals surface area contributed by atoms with E-state index in [1.807, 2.05) is 5.32 Å². The van der Waals surface area contributed by atoms with Crippen LogP contribution in [0.1, 0.15) is 37.8 Å². The maximum atomic E-state index is 14.7. The highest BCUT2D eigenvalue weighted by Gasteiger charge is 2.80. The van der Waals surface area contributed by atoms with Crippen LogP contribution in [-0.4, -0.2) is 62.0 Å². The second kappa shape index (κ2) is 10.6. The number of carbonyl (C=O) groups excluding carboxylic acids is 1. The molecule has 1 aliphatic heterocycles. The molecule has 0 aromatic heterocycles. The maximum absolute atomic E-state index is 14.7. The Morgan fingerprint density at radius 3 is 2.00 bits per heavy atom. The van der Waals surface area contributed by atoms with Crippen LogP contribution in [0.2, 0.25) is 0 Å². The van der Waals surface area contributed by atoms with Crippen molar-refractivity contribution < 1.29 is 49.9 Å². The summed E-state index contributed by atoms with van der Waals surface area (Å²) in [6.07, 6.45) is -12.2. The molecule has 41 heavy (non-hydrogen) atoms. The Morgan fingerprint density at radius 2 is 1.46 bits per heavy atom. The van der Waals surface area contributed by atoms with Gasteiger partial charge in [-0.05, 0) is 47.4 Å². The van der Waals surface area contributed by atoms with Crippen LogP contribution in [0.3, 0.4) is 0 Å². The number of nitrogens with zero attached hydrogens (tertiary/aromatic N) is 1. The predicted molar refractivity (Wildman–Crippen MR) is 139 cm³/mol. The normalized spacial score (nSPS) is 18.6. The maximum Gasteiger partial charge on any atom is 0.446 e. The van der Waals surface area contributed by atoms with Crippen LogP contribution in [-0.2, 0) is 11.2 Å². The Bertz CT molecular complexity index is 1380. The summed E-state index contributed by atoms with van der Waals surface area (Å²) in [6, 6.07) is 10.7. The van der Waals surface area contributed by atoms with E-state index in [2.05, 4.69) is 0 Å². The molecule has 12 heteroatoms. The average Bonchev–Trinajstić information content (AvgIpc) is 2.89. The van der Waals surface area contributed by atoms with E-state index in [0.717, 1.165) is 0 Å². The van der Waals surface area contributed by atoms with Crippen molar-refractivity contribution in [2.75, 3.05) is 27.9 Å². The first-order valence-corrected chi connectivity index (χ1v) is 12.8. The van der Waals surface area contributed by atoms with E-state index in [0.29, 0.717) is 22.8 Å². The highest BCUT2D eigenvalue weighted by atomic mass is 19.4. The number of ketones is 1. The first-order chi connectivity index (χ1) is 19.1. The quantitative estimate of drug-likeness (QED) is 0.328. The number of ether oxygens (including phenoxy) is 3. The molecule has 2 aromatic carbocycles. The third-order valence-corrected chi connectivity index (χ3v) is 7.42. The fourth-order valence-corrected chi connectivity index (χ4v) is 5.47. The number of carbonyl (C=O) groups is 1. The zero-order chi connectivity index (χ0) is 30.4. The molecule has 0 radical (unpaired) electrons. The Balaban J connectivity index is 1.98. The van der Waals surface area contributed by atoms with Gasteiger partial charge >= 0.3 is 17.9 Å². The summed E-state index contributed by atoms with van der Waals surface area (Å²) in [5.74, 6) is -0.349. The fraction of sp³-hybridized carbons (Fsp3) is 0.448. The molecule has 0 atom stereocenters. The van der Waals surface area contributed by atoms with E-state index < -0.39 is 46.9 Å². The van der Waals surface area contributed by atoms with Crippen LogP contribution in [0, 0.1) is 5.41 Å². The van der Waals surface area contributed by atoms with Crippen LogP contribution in [0.15, 0.2) is 53.7 Å². The van der Waals surface area contributed by atoms with Gasteiger partial charge in [-0.15, -0.1) is 0 Å². The van der Waals surface area contributed by atoms with Crippen molar-refractivity contribution in [3.8, 4) is 17.2 Å². The Labute approximate surface area is 233 Å². The largest absolute Gasteiger partial charge is 0.497 e. The van der Waals surface area contributed by atoms with E-state index >= 15 is 0 Å². The summed E-state index contributed by atoms with van der Waals surface area (Å²) in [4.78, 5) is 13.3. The number of allylic oxidation sites excluding steroid dienone is 1. The number of rotatable bonds is 7. The molecule has 2 aliphatic rings. The van der Waals surface area contributed by atoms with Crippen molar-refractivity contribution in [1.29, 1.82) is 0 Å². The molecule has 0 spiro atoms. The van der Waals surface area contributed by atoms with Gasteiger partial charge in [-0.2, -0.15) is 26.3 Å². The van der Waals surface area contributed by atoms with Gasteiger partial charge in [0, 0.05) is 19.3 Å². The van der Waals surface area contributed by atoms with E-state index in [9.17, 15) is 31.1 Å². The van der Waals surface area contributed by atoms with Gasteiger partial charge in [0.2, 0.25) is 0 Å². The Kier molecular flexibility index (Phi) is 7.83. The zero-order valence-corrected chi connectivity index (χ0v) is 23.2. The number of nitrogens with one attached hydrogen (secondary N) is 1. The topological polar surface area (TPSA) is 59.8 Å². The standard InChI is InChI=1S/C29H30F6N2O4/c1-26(2)15-20-24(21(38)16-26)27(28(30,31)32,29(33,34)35)36-25(18-7-9-19(39-3)10-8-18)37(20)13-12-17-6-11-22(40-4)23(14-17)41-5/h6-11,14H,12-13,15-16H2,1-5H3/p+1. The van der Waals surface area contributed by atoms with Crippen molar-refractivity contribution in [1.82, 2.24) is 5.32 Å². The van der Waals surface area contributed by atoms with E-state index in [1.54, 1.807) is 32.0 Å².